The number of nitrogens with one attached hydrogen (secondary N) is 1. The summed E-state index contributed by atoms with van der Waals surface area (Å²) in [5.74, 6) is 0.427. The molecule has 1 atom stereocenters. The molecule has 2 heterocycles. The molecule has 1 fully saturated rings. The molecule has 1 aromatic heterocycles. The number of amides is 1. The predicted octanol–water partition coefficient (Wildman–Crippen LogP) is 0.997. The van der Waals surface area contributed by atoms with Crippen LogP contribution in [-0.4, -0.2) is 51.9 Å². The standard InChI is InChI=1S/C17H19N5O2/c18-8-14-9-19-22(15-4-2-1-3-5-15)17(14)20-16(24)11-21-7-6-13(10-21)12-23/h1-5,9,13,23H,6-7,10-12H2,(H,20,24). The molecule has 24 heavy (non-hydrogen) atoms. The number of rotatable bonds is 5. The van der Waals surface area contributed by atoms with Gasteiger partial charge in [-0.2, -0.15) is 10.4 Å². The van der Waals surface area contributed by atoms with Gasteiger partial charge in [0.05, 0.1) is 18.4 Å². The minimum atomic E-state index is -0.192. The summed E-state index contributed by atoms with van der Waals surface area (Å²) in [4.78, 5) is 14.4. The fourth-order valence-electron chi connectivity index (χ4n) is 2.90. The number of para-hydroxylation sites is 1. The smallest absolute Gasteiger partial charge is 0.239 e. The van der Waals surface area contributed by atoms with E-state index in [1.54, 1.807) is 4.68 Å². The summed E-state index contributed by atoms with van der Waals surface area (Å²) in [6.07, 6.45) is 2.34. The number of aromatic nitrogens is 2. The van der Waals surface area contributed by atoms with E-state index in [4.69, 9.17) is 0 Å². The number of carbonyl (C=O) groups is 1. The van der Waals surface area contributed by atoms with Gasteiger partial charge in [-0.3, -0.25) is 9.69 Å². The molecule has 1 aromatic carbocycles. The quantitative estimate of drug-likeness (QED) is 0.855. The number of anilines is 1. The Morgan fingerprint density at radius 1 is 1.42 bits per heavy atom. The van der Waals surface area contributed by atoms with Crippen molar-refractivity contribution in [3.05, 3.63) is 42.1 Å². The van der Waals surface area contributed by atoms with Gasteiger partial charge in [0.2, 0.25) is 5.91 Å². The highest BCUT2D eigenvalue weighted by molar-refractivity contribution is 5.93. The van der Waals surface area contributed by atoms with Gasteiger partial charge in [-0.25, -0.2) is 4.68 Å². The topological polar surface area (TPSA) is 94.2 Å². The zero-order valence-electron chi connectivity index (χ0n) is 13.2. The zero-order valence-corrected chi connectivity index (χ0v) is 13.2. The first-order valence-electron chi connectivity index (χ1n) is 7.88. The first kappa shape index (κ1) is 16.2. The van der Waals surface area contributed by atoms with E-state index < -0.39 is 0 Å². The molecule has 1 amide bonds. The van der Waals surface area contributed by atoms with Crippen LogP contribution in [0.2, 0.25) is 0 Å². The number of aliphatic hydroxyl groups excluding tert-OH is 1. The van der Waals surface area contributed by atoms with Crippen LogP contribution in [0, 0.1) is 17.2 Å². The molecule has 1 aliphatic heterocycles. The molecule has 1 unspecified atom stereocenters. The van der Waals surface area contributed by atoms with Gasteiger partial charge in [0.15, 0.2) is 5.82 Å². The third-order valence-electron chi connectivity index (χ3n) is 4.14. The second kappa shape index (κ2) is 7.25. The van der Waals surface area contributed by atoms with Crippen LogP contribution < -0.4 is 5.32 Å². The van der Waals surface area contributed by atoms with Crippen molar-refractivity contribution in [3.63, 3.8) is 0 Å². The molecular weight excluding hydrogens is 306 g/mol. The summed E-state index contributed by atoms with van der Waals surface area (Å²) >= 11 is 0. The summed E-state index contributed by atoms with van der Waals surface area (Å²) < 4.78 is 1.55. The highest BCUT2D eigenvalue weighted by Crippen LogP contribution is 2.20. The van der Waals surface area contributed by atoms with Gasteiger partial charge in [-0.1, -0.05) is 18.2 Å². The molecule has 1 aliphatic rings. The molecule has 3 rings (SSSR count). The van der Waals surface area contributed by atoms with Crippen molar-refractivity contribution in [2.45, 2.75) is 6.42 Å². The average molecular weight is 325 g/mol. The molecule has 0 radical (unpaired) electrons. The number of likely N-dealkylation sites (tertiary alicyclic amines) is 1. The van der Waals surface area contributed by atoms with Crippen LogP contribution in [0.1, 0.15) is 12.0 Å². The summed E-state index contributed by atoms with van der Waals surface area (Å²) in [7, 11) is 0. The number of carbonyl (C=O) groups excluding carboxylic acids is 1. The van der Waals surface area contributed by atoms with E-state index in [1.807, 2.05) is 35.2 Å². The minimum absolute atomic E-state index is 0.150. The third kappa shape index (κ3) is 3.45. The first-order chi connectivity index (χ1) is 11.7. The molecule has 124 valence electrons. The highest BCUT2D eigenvalue weighted by Gasteiger charge is 2.24. The van der Waals surface area contributed by atoms with Crippen LogP contribution in [0.25, 0.3) is 5.69 Å². The van der Waals surface area contributed by atoms with E-state index in [2.05, 4.69) is 16.5 Å². The predicted molar refractivity (Wildman–Crippen MR) is 88.5 cm³/mol. The van der Waals surface area contributed by atoms with E-state index in [-0.39, 0.29) is 25.0 Å². The first-order valence-corrected chi connectivity index (χ1v) is 7.88. The number of hydrogen-bond donors (Lipinski definition) is 2. The van der Waals surface area contributed by atoms with Gasteiger partial charge in [0.25, 0.3) is 0 Å². The second-order valence-corrected chi connectivity index (χ2v) is 5.89. The lowest BCUT2D eigenvalue weighted by atomic mass is 10.1. The van der Waals surface area contributed by atoms with Gasteiger partial charge < -0.3 is 10.4 Å². The number of aliphatic hydroxyl groups is 1. The van der Waals surface area contributed by atoms with Gasteiger partial charge in [0, 0.05) is 13.2 Å². The highest BCUT2D eigenvalue weighted by atomic mass is 16.3. The summed E-state index contributed by atoms with van der Waals surface area (Å²) in [6.45, 7) is 1.90. The van der Waals surface area contributed by atoms with Crippen LogP contribution >= 0.6 is 0 Å². The maximum Gasteiger partial charge on any atom is 0.239 e. The van der Waals surface area contributed by atoms with E-state index in [1.165, 1.54) is 6.20 Å². The third-order valence-corrected chi connectivity index (χ3v) is 4.14. The van der Waals surface area contributed by atoms with Crippen molar-refractivity contribution in [1.82, 2.24) is 14.7 Å². The van der Waals surface area contributed by atoms with Crippen molar-refractivity contribution in [1.29, 1.82) is 5.26 Å². The van der Waals surface area contributed by atoms with Crippen molar-refractivity contribution in [2.75, 3.05) is 31.6 Å². The Bertz CT molecular complexity index is 750. The SMILES string of the molecule is N#Cc1cnn(-c2ccccc2)c1NC(=O)CN1CCC(CO)C1. The fraction of sp³-hybridized carbons (Fsp3) is 0.353. The minimum Gasteiger partial charge on any atom is -0.396 e. The Morgan fingerprint density at radius 2 is 2.21 bits per heavy atom. The fourth-order valence-corrected chi connectivity index (χ4v) is 2.90. The molecular formula is C17H19N5O2. The van der Waals surface area contributed by atoms with Crippen LogP contribution in [0.5, 0.6) is 0 Å². The maximum atomic E-state index is 12.3. The molecule has 0 bridgehead atoms. The normalized spacial score (nSPS) is 17.6. The molecule has 7 heteroatoms. The van der Waals surface area contributed by atoms with Crippen LogP contribution in [0.3, 0.4) is 0 Å². The van der Waals surface area contributed by atoms with E-state index in [0.717, 1.165) is 18.7 Å². The lowest BCUT2D eigenvalue weighted by Crippen LogP contribution is -2.32. The Kier molecular flexibility index (Phi) is 4.89. The van der Waals surface area contributed by atoms with Crippen LogP contribution in [0.15, 0.2) is 36.5 Å². The zero-order chi connectivity index (χ0) is 16.9. The average Bonchev–Trinajstić information content (AvgIpc) is 3.22. The molecule has 2 N–H and O–H groups in total. The van der Waals surface area contributed by atoms with E-state index in [0.29, 0.717) is 17.9 Å². The Labute approximate surface area is 140 Å². The Morgan fingerprint density at radius 3 is 2.88 bits per heavy atom. The Hall–Kier alpha value is -2.69. The number of nitriles is 1. The lowest BCUT2D eigenvalue weighted by molar-refractivity contribution is -0.117. The van der Waals surface area contributed by atoms with Crippen molar-refractivity contribution < 1.29 is 9.90 Å². The largest absolute Gasteiger partial charge is 0.396 e. The molecule has 7 nitrogen and oxygen atoms in total. The number of benzene rings is 1. The molecule has 1 saturated heterocycles. The second-order valence-electron chi connectivity index (χ2n) is 5.89. The molecule has 0 spiro atoms. The summed E-state index contributed by atoms with van der Waals surface area (Å²) in [5, 5.41) is 25.4. The van der Waals surface area contributed by atoms with Crippen LogP contribution in [-0.2, 0) is 4.79 Å². The van der Waals surface area contributed by atoms with Crippen molar-refractivity contribution in [3.8, 4) is 11.8 Å². The van der Waals surface area contributed by atoms with Gasteiger partial charge in [-0.15, -0.1) is 0 Å². The summed E-state index contributed by atoms with van der Waals surface area (Å²) in [6, 6.07) is 11.4. The van der Waals surface area contributed by atoms with Gasteiger partial charge >= 0.3 is 0 Å². The Balaban J connectivity index is 1.74. The number of nitrogens with zero attached hydrogens (tertiary/aromatic N) is 4. The van der Waals surface area contributed by atoms with Crippen molar-refractivity contribution in [2.24, 2.45) is 5.92 Å². The van der Waals surface area contributed by atoms with E-state index in [9.17, 15) is 15.2 Å². The maximum absolute atomic E-state index is 12.3. The molecule has 0 aliphatic carbocycles. The molecule has 2 aromatic rings. The van der Waals surface area contributed by atoms with E-state index >= 15 is 0 Å². The molecule has 0 saturated carbocycles. The van der Waals surface area contributed by atoms with Gasteiger partial charge in [0.1, 0.15) is 11.6 Å². The number of hydrogen-bond acceptors (Lipinski definition) is 5. The lowest BCUT2D eigenvalue weighted by Gasteiger charge is -2.16. The van der Waals surface area contributed by atoms with Crippen molar-refractivity contribution >= 4 is 11.7 Å². The van der Waals surface area contributed by atoms with Crippen LogP contribution in [0.4, 0.5) is 5.82 Å². The van der Waals surface area contributed by atoms with Gasteiger partial charge in [-0.05, 0) is 31.0 Å². The monoisotopic (exact) mass is 325 g/mol. The summed E-state index contributed by atoms with van der Waals surface area (Å²) in [5.41, 5.74) is 1.10.